The van der Waals surface area contributed by atoms with Gasteiger partial charge in [0.15, 0.2) is 6.61 Å². The molecule has 0 spiro atoms. The van der Waals surface area contributed by atoms with Gasteiger partial charge >= 0.3 is 11.9 Å². The van der Waals surface area contributed by atoms with Gasteiger partial charge in [-0.2, -0.15) is 0 Å². The molecule has 1 atom stereocenters. The highest BCUT2D eigenvalue weighted by Crippen LogP contribution is 2.25. The summed E-state index contributed by atoms with van der Waals surface area (Å²) in [6, 6.07) is 8.51. The summed E-state index contributed by atoms with van der Waals surface area (Å²) in [5.74, 6) is -1.74. The molecule has 7 nitrogen and oxygen atoms in total. The molecule has 0 fully saturated rings. The van der Waals surface area contributed by atoms with Crippen molar-refractivity contribution >= 4 is 29.4 Å². The molecule has 29 heavy (non-hydrogen) atoms. The molecule has 152 valence electrons. The first-order chi connectivity index (χ1) is 13.8. The highest BCUT2D eigenvalue weighted by molar-refractivity contribution is 6.32. The largest absolute Gasteiger partial charge is 0.467 e. The van der Waals surface area contributed by atoms with Crippen LogP contribution >= 0.6 is 11.6 Å². The molecular weight excluding hydrogens is 396 g/mol. The number of benzene rings is 1. The van der Waals surface area contributed by atoms with Crippen molar-refractivity contribution in [3.63, 3.8) is 0 Å². The number of nitrogens with zero attached hydrogens (tertiary/aromatic N) is 2. The predicted octanol–water partition coefficient (Wildman–Crippen LogP) is 2.64. The van der Waals surface area contributed by atoms with Crippen LogP contribution in [0.15, 0.2) is 30.3 Å². The molecule has 0 radical (unpaired) electrons. The van der Waals surface area contributed by atoms with Crippen LogP contribution in [0.5, 0.6) is 0 Å². The van der Waals surface area contributed by atoms with E-state index in [1.54, 1.807) is 19.9 Å². The molecule has 8 heteroatoms. The SMILES string of the molecule is COC(=O)[C@H]1Cc2ccccc2CN1C(=O)COC(=O)c1c(C)cc(C)nc1Cl. The first-order valence-electron chi connectivity index (χ1n) is 9.06. The number of hydrogen-bond acceptors (Lipinski definition) is 6. The lowest BCUT2D eigenvalue weighted by molar-refractivity contribution is -0.155. The van der Waals surface area contributed by atoms with Gasteiger partial charge in [0.05, 0.1) is 12.7 Å². The van der Waals surface area contributed by atoms with Gasteiger partial charge in [-0.1, -0.05) is 35.9 Å². The summed E-state index contributed by atoms with van der Waals surface area (Å²) >= 11 is 6.06. The number of aryl methyl sites for hydroxylation is 2. The maximum absolute atomic E-state index is 12.8. The molecule has 1 aromatic heterocycles. The van der Waals surface area contributed by atoms with Gasteiger partial charge in [-0.15, -0.1) is 0 Å². The van der Waals surface area contributed by atoms with Crippen LogP contribution < -0.4 is 0 Å². The van der Waals surface area contributed by atoms with Crippen LogP contribution in [0.4, 0.5) is 0 Å². The zero-order valence-electron chi connectivity index (χ0n) is 16.4. The zero-order valence-corrected chi connectivity index (χ0v) is 17.2. The number of carbonyl (C=O) groups is 3. The number of halogens is 1. The van der Waals surface area contributed by atoms with E-state index >= 15 is 0 Å². The Bertz CT molecular complexity index is 952. The van der Waals surface area contributed by atoms with E-state index in [-0.39, 0.29) is 17.3 Å². The number of pyridine rings is 1. The summed E-state index contributed by atoms with van der Waals surface area (Å²) in [6.45, 7) is 3.20. The number of methoxy groups -OCH3 is 1. The zero-order chi connectivity index (χ0) is 21.1. The highest BCUT2D eigenvalue weighted by atomic mass is 35.5. The summed E-state index contributed by atoms with van der Waals surface area (Å²) in [5.41, 5.74) is 3.33. The molecule has 1 aromatic carbocycles. The molecule has 0 saturated heterocycles. The third-order valence-corrected chi connectivity index (χ3v) is 5.15. The van der Waals surface area contributed by atoms with Crippen molar-refractivity contribution in [2.24, 2.45) is 0 Å². The highest BCUT2D eigenvalue weighted by Gasteiger charge is 2.35. The minimum Gasteiger partial charge on any atom is -0.467 e. The Morgan fingerprint density at radius 2 is 1.90 bits per heavy atom. The Hall–Kier alpha value is -2.93. The summed E-state index contributed by atoms with van der Waals surface area (Å²) < 4.78 is 10.0. The fourth-order valence-electron chi connectivity index (χ4n) is 3.45. The van der Waals surface area contributed by atoms with Gasteiger partial charge in [-0.3, -0.25) is 4.79 Å². The van der Waals surface area contributed by atoms with Gasteiger partial charge in [0.25, 0.3) is 5.91 Å². The lowest BCUT2D eigenvalue weighted by Gasteiger charge is -2.35. The van der Waals surface area contributed by atoms with E-state index in [1.165, 1.54) is 12.0 Å². The summed E-state index contributed by atoms with van der Waals surface area (Å²) in [6.07, 6.45) is 0.343. The third kappa shape index (κ3) is 4.40. The average Bonchev–Trinajstić information content (AvgIpc) is 2.69. The van der Waals surface area contributed by atoms with E-state index in [0.29, 0.717) is 17.7 Å². The first kappa shape index (κ1) is 20.8. The molecule has 0 unspecified atom stereocenters. The van der Waals surface area contributed by atoms with Crippen molar-refractivity contribution in [2.75, 3.05) is 13.7 Å². The fourth-order valence-corrected chi connectivity index (χ4v) is 3.81. The van der Waals surface area contributed by atoms with Crippen LogP contribution in [-0.2, 0) is 32.0 Å². The smallest absolute Gasteiger partial charge is 0.342 e. The molecule has 0 aliphatic carbocycles. The number of carbonyl (C=O) groups excluding carboxylic acids is 3. The second-order valence-corrected chi connectivity index (χ2v) is 7.21. The second kappa shape index (κ2) is 8.61. The van der Waals surface area contributed by atoms with Crippen LogP contribution in [0.3, 0.4) is 0 Å². The van der Waals surface area contributed by atoms with Crippen molar-refractivity contribution in [2.45, 2.75) is 32.9 Å². The van der Waals surface area contributed by atoms with Crippen LogP contribution in [0, 0.1) is 13.8 Å². The van der Waals surface area contributed by atoms with Gasteiger partial charge in [-0.25, -0.2) is 14.6 Å². The first-order valence-corrected chi connectivity index (χ1v) is 9.44. The lowest BCUT2D eigenvalue weighted by atomic mass is 9.94. The average molecular weight is 417 g/mol. The summed E-state index contributed by atoms with van der Waals surface area (Å²) in [7, 11) is 1.28. The van der Waals surface area contributed by atoms with E-state index in [9.17, 15) is 14.4 Å². The van der Waals surface area contributed by atoms with Crippen LogP contribution in [0.25, 0.3) is 0 Å². The third-order valence-electron chi connectivity index (χ3n) is 4.87. The Labute approximate surface area is 173 Å². The number of ether oxygens (including phenoxy) is 2. The molecule has 1 aliphatic rings. The maximum Gasteiger partial charge on any atom is 0.342 e. The van der Waals surface area contributed by atoms with Gasteiger partial charge in [0.1, 0.15) is 11.2 Å². The maximum atomic E-state index is 12.8. The summed E-state index contributed by atoms with van der Waals surface area (Å²) in [4.78, 5) is 42.9. The van der Waals surface area contributed by atoms with Gasteiger partial charge < -0.3 is 14.4 Å². The van der Waals surface area contributed by atoms with Crippen molar-refractivity contribution in [3.8, 4) is 0 Å². The molecule has 2 heterocycles. The van der Waals surface area contributed by atoms with E-state index < -0.39 is 30.5 Å². The van der Waals surface area contributed by atoms with Crippen molar-refractivity contribution in [1.29, 1.82) is 0 Å². The van der Waals surface area contributed by atoms with Crippen LogP contribution in [-0.4, -0.2) is 47.5 Å². The quantitative estimate of drug-likeness (QED) is 0.562. The number of amides is 1. The van der Waals surface area contributed by atoms with E-state index in [4.69, 9.17) is 21.1 Å². The molecule has 0 bridgehead atoms. The number of aromatic nitrogens is 1. The summed E-state index contributed by atoms with van der Waals surface area (Å²) in [5, 5.41) is 0.0271. The second-order valence-electron chi connectivity index (χ2n) is 6.86. The van der Waals surface area contributed by atoms with Crippen LogP contribution in [0.2, 0.25) is 5.15 Å². The normalized spacial score (nSPS) is 15.4. The van der Waals surface area contributed by atoms with Crippen molar-refractivity contribution < 1.29 is 23.9 Å². The number of fused-ring (bicyclic) bond motifs is 1. The Morgan fingerprint density at radius 3 is 2.55 bits per heavy atom. The molecule has 1 aliphatic heterocycles. The monoisotopic (exact) mass is 416 g/mol. The van der Waals surface area contributed by atoms with Gasteiger partial charge in [0.2, 0.25) is 0 Å². The Balaban J connectivity index is 1.75. The van der Waals surface area contributed by atoms with E-state index in [1.807, 2.05) is 24.3 Å². The molecule has 0 saturated carbocycles. The Morgan fingerprint density at radius 1 is 1.21 bits per heavy atom. The molecule has 2 aromatic rings. The lowest BCUT2D eigenvalue weighted by Crippen LogP contribution is -2.50. The van der Waals surface area contributed by atoms with Crippen molar-refractivity contribution in [1.82, 2.24) is 9.88 Å². The minimum atomic E-state index is -0.771. The number of hydrogen-bond donors (Lipinski definition) is 0. The predicted molar refractivity (Wildman–Crippen MR) is 106 cm³/mol. The number of esters is 2. The Kier molecular flexibility index (Phi) is 6.17. The molecule has 0 N–H and O–H groups in total. The molecular formula is C21H21ClN2O5. The molecule has 3 rings (SSSR count). The number of rotatable bonds is 4. The fraction of sp³-hybridized carbons (Fsp3) is 0.333. The molecule has 1 amide bonds. The van der Waals surface area contributed by atoms with Crippen molar-refractivity contribution in [3.05, 3.63) is 63.4 Å². The minimum absolute atomic E-state index is 0.0271. The topological polar surface area (TPSA) is 85.8 Å². The van der Waals surface area contributed by atoms with E-state index in [0.717, 1.165) is 11.1 Å². The van der Waals surface area contributed by atoms with E-state index in [2.05, 4.69) is 4.98 Å². The standard InChI is InChI=1S/C21H21ClN2O5/c1-12-8-13(2)23-19(22)18(12)21(27)29-11-17(25)24-10-15-7-5-4-6-14(15)9-16(24)20(26)28-3/h4-8,16H,9-11H2,1-3H3/t16-/m1/s1. The van der Waals surface area contributed by atoms with Gasteiger partial charge in [-0.05, 0) is 36.6 Å². The van der Waals surface area contributed by atoms with Gasteiger partial charge in [0, 0.05) is 18.7 Å². The van der Waals surface area contributed by atoms with Crippen LogP contribution in [0.1, 0.15) is 32.7 Å².